The molecule has 22 heavy (non-hydrogen) atoms. The Morgan fingerprint density at radius 1 is 1.23 bits per heavy atom. The quantitative estimate of drug-likeness (QED) is 0.551. The van der Waals surface area contributed by atoms with Crippen LogP contribution >= 0.6 is 0 Å². The van der Waals surface area contributed by atoms with Crippen LogP contribution < -0.4 is 0 Å². The molecule has 7 heteroatoms. The summed E-state index contributed by atoms with van der Waals surface area (Å²) < 4.78 is 17.1. The van der Waals surface area contributed by atoms with E-state index in [9.17, 15) is 4.79 Å². The van der Waals surface area contributed by atoms with Gasteiger partial charge in [0.2, 0.25) is 0 Å². The van der Waals surface area contributed by atoms with Crippen LogP contribution in [0.25, 0.3) is 0 Å². The second-order valence-electron chi connectivity index (χ2n) is 6.54. The molecule has 1 heterocycles. The molecule has 0 saturated carbocycles. The van der Waals surface area contributed by atoms with Gasteiger partial charge in [-0.15, -0.1) is 0 Å². The molecular weight excluding hydrogens is 285 g/mol. The number of carboxylic acid groups (broad SMARTS) is 1. The molecule has 0 atom stereocenters. The minimum atomic E-state index is -0.897. The van der Waals surface area contributed by atoms with Crippen LogP contribution in [0.1, 0.15) is 40.5 Å². The predicted octanol–water partition coefficient (Wildman–Crippen LogP) is 2.58. The van der Waals surface area contributed by atoms with E-state index in [1.165, 1.54) is 4.90 Å². The van der Waals surface area contributed by atoms with E-state index in [1.807, 2.05) is 39.7 Å². The molecule has 0 aromatic carbocycles. The Hall–Kier alpha value is -1.05. The monoisotopic (exact) mass is 313 g/mol. The first-order valence-corrected chi connectivity index (χ1v) is 7.70. The number of amides is 1. The van der Waals surface area contributed by atoms with Crippen LogP contribution in [-0.4, -0.2) is 61.2 Å². The van der Waals surface area contributed by atoms with Crippen LogP contribution in [0.15, 0.2) is 12.1 Å². The summed E-state index contributed by atoms with van der Waals surface area (Å²) >= 11 is 0. The van der Waals surface area contributed by atoms with Gasteiger partial charge in [-0.2, -0.15) is 0 Å². The Balaban J connectivity index is 2.10. The van der Waals surface area contributed by atoms with Gasteiger partial charge in [-0.3, -0.25) is 0 Å². The van der Waals surface area contributed by atoms with Gasteiger partial charge in [0.1, 0.15) is 0 Å². The summed E-state index contributed by atoms with van der Waals surface area (Å²) in [6, 6.07) is 0. The van der Waals surface area contributed by atoms with Crippen molar-refractivity contribution in [3.05, 3.63) is 12.1 Å². The van der Waals surface area contributed by atoms with Crippen molar-refractivity contribution in [1.29, 1.82) is 0 Å². The van der Waals surface area contributed by atoms with Crippen LogP contribution in [0, 0.1) is 0 Å². The Morgan fingerprint density at radius 2 is 1.82 bits per heavy atom. The largest absolute Gasteiger partial charge is 0.486 e. The molecular formula is C15H28BNO5. The van der Waals surface area contributed by atoms with E-state index < -0.39 is 6.09 Å². The molecule has 0 aromatic rings. The van der Waals surface area contributed by atoms with E-state index >= 15 is 0 Å². The Bertz CT molecular complexity index is 381. The zero-order valence-corrected chi connectivity index (χ0v) is 14.3. The lowest BCUT2D eigenvalue weighted by molar-refractivity contribution is 0.00578. The van der Waals surface area contributed by atoms with Gasteiger partial charge in [-0.05, 0) is 40.5 Å². The SMILES string of the molecule is CN(CCCCOC/C=C/B1OC(C)(C)C(C)(C)O1)C(=O)O. The molecule has 0 aliphatic carbocycles. The summed E-state index contributed by atoms with van der Waals surface area (Å²) in [4.78, 5) is 11.9. The molecule has 1 aliphatic rings. The maximum absolute atomic E-state index is 10.6. The van der Waals surface area contributed by atoms with Crippen LogP contribution in [0.4, 0.5) is 4.79 Å². The summed E-state index contributed by atoms with van der Waals surface area (Å²) in [5, 5.41) is 8.69. The molecule has 0 radical (unpaired) electrons. The van der Waals surface area contributed by atoms with Crippen LogP contribution in [0.5, 0.6) is 0 Å². The molecule has 0 spiro atoms. The Kier molecular flexibility index (Phi) is 6.90. The summed E-state index contributed by atoms with van der Waals surface area (Å²) in [5.74, 6) is 1.87. The summed E-state index contributed by atoms with van der Waals surface area (Å²) in [6.07, 6.45) is 2.63. The van der Waals surface area contributed by atoms with Gasteiger partial charge in [0.05, 0.1) is 17.8 Å². The summed E-state index contributed by atoms with van der Waals surface area (Å²) in [5.41, 5.74) is -0.641. The zero-order valence-electron chi connectivity index (χ0n) is 14.3. The standard InChI is InChI=1S/C15H28BNO5/c1-14(2)15(3,4)22-16(21-14)9-8-12-20-11-7-6-10-17(5)13(18)19/h8-9H,6-7,10-12H2,1-5H3,(H,18,19)/b9-8+. The highest BCUT2D eigenvalue weighted by atomic mass is 16.7. The molecule has 1 N–H and O–H groups in total. The third-order valence-corrected chi connectivity index (χ3v) is 4.14. The maximum atomic E-state index is 10.6. The average Bonchev–Trinajstić information content (AvgIpc) is 2.60. The van der Waals surface area contributed by atoms with Crippen molar-refractivity contribution >= 4 is 13.2 Å². The van der Waals surface area contributed by atoms with Gasteiger partial charge < -0.3 is 24.1 Å². The van der Waals surface area contributed by atoms with Crippen LogP contribution in [-0.2, 0) is 14.0 Å². The number of hydrogen-bond donors (Lipinski definition) is 1. The lowest BCUT2D eigenvalue weighted by atomic mass is 9.90. The first-order chi connectivity index (χ1) is 10.2. The summed E-state index contributed by atoms with van der Waals surface area (Å²) in [6.45, 7) is 9.72. The van der Waals surface area contributed by atoms with Gasteiger partial charge in [-0.25, -0.2) is 4.79 Å². The third kappa shape index (κ3) is 5.63. The second-order valence-corrected chi connectivity index (χ2v) is 6.54. The fourth-order valence-corrected chi connectivity index (χ4v) is 1.93. The Labute approximate surface area is 133 Å². The molecule has 1 rings (SSSR count). The van der Waals surface area contributed by atoms with E-state index in [2.05, 4.69) is 0 Å². The second kappa shape index (κ2) is 7.99. The topological polar surface area (TPSA) is 68.2 Å². The van der Waals surface area contributed by atoms with Gasteiger partial charge >= 0.3 is 13.2 Å². The minimum absolute atomic E-state index is 0.320. The van der Waals surface area contributed by atoms with Crippen LogP contribution in [0.2, 0.25) is 0 Å². The van der Waals surface area contributed by atoms with Crippen molar-refractivity contribution in [3.8, 4) is 0 Å². The van der Waals surface area contributed by atoms with E-state index in [1.54, 1.807) is 7.05 Å². The number of unbranched alkanes of at least 4 members (excludes halogenated alkanes) is 1. The molecule has 1 fully saturated rings. The number of hydrogen-bond acceptors (Lipinski definition) is 4. The van der Waals surface area contributed by atoms with Crippen LogP contribution in [0.3, 0.4) is 0 Å². The van der Waals surface area contributed by atoms with E-state index in [-0.39, 0.29) is 18.3 Å². The van der Waals surface area contributed by atoms with Gasteiger partial charge in [0.25, 0.3) is 0 Å². The highest BCUT2D eigenvalue weighted by molar-refractivity contribution is 6.51. The van der Waals surface area contributed by atoms with Crippen molar-refractivity contribution in [3.63, 3.8) is 0 Å². The normalized spacial score (nSPS) is 19.8. The molecule has 1 aliphatic heterocycles. The molecule has 1 amide bonds. The maximum Gasteiger partial charge on any atom is 0.486 e. The molecule has 0 aromatic heterocycles. The molecule has 1 saturated heterocycles. The highest BCUT2D eigenvalue weighted by Gasteiger charge is 2.49. The predicted molar refractivity (Wildman–Crippen MR) is 85.9 cm³/mol. The first-order valence-electron chi connectivity index (χ1n) is 7.70. The zero-order chi connectivity index (χ0) is 16.8. The molecule has 0 unspecified atom stereocenters. The highest BCUT2D eigenvalue weighted by Crippen LogP contribution is 2.36. The van der Waals surface area contributed by atoms with Gasteiger partial charge in [-0.1, -0.05) is 12.1 Å². The Morgan fingerprint density at radius 3 is 2.36 bits per heavy atom. The van der Waals surface area contributed by atoms with Crippen molar-refractivity contribution < 1.29 is 23.9 Å². The smallest absolute Gasteiger partial charge is 0.465 e. The van der Waals surface area contributed by atoms with E-state index in [4.69, 9.17) is 19.2 Å². The lowest BCUT2D eigenvalue weighted by Crippen LogP contribution is -2.41. The van der Waals surface area contributed by atoms with Crippen molar-refractivity contribution in [2.24, 2.45) is 0 Å². The van der Waals surface area contributed by atoms with Crippen molar-refractivity contribution in [1.82, 2.24) is 4.90 Å². The third-order valence-electron chi connectivity index (χ3n) is 4.14. The summed E-state index contributed by atoms with van der Waals surface area (Å²) in [7, 11) is 1.23. The first kappa shape index (κ1) is 19.0. The molecule has 126 valence electrons. The fraction of sp³-hybridized carbons (Fsp3) is 0.800. The van der Waals surface area contributed by atoms with Crippen molar-refractivity contribution in [2.45, 2.75) is 51.7 Å². The van der Waals surface area contributed by atoms with Gasteiger partial charge in [0, 0.05) is 20.2 Å². The lowest BCUT2D eigenvalue weighted by Gasteiger charge is -2.32. The van der Waals surface area contributed by atoms with Crippen molar-refractivity contribution in [2.75, 3.05) is 26.8 Å². The number of nitrogens with zero attached hydrogens (tertiary/aromatic N) is 1. The molecule has 0 bridgehead atoms. The van der Waals surface area contributed by atoms with E-state index in [0.29, 0.717) is 19.8 Å². The minimum Gasteiger partial charge on any atom is -0.465 e. The van der Waals surface area contributed by atoms with Gasteiger partial charge in [0.15, 0.2) is 0 Å². The van der Waals surface area contributed by atoms with E-state index in [0.717, 1.165) is 12.8 Å². The number of carbonyl (C=O) groups is 1. The average molecular weight is 313 g/mol. The number of ether oxygens (including phenoxy) is 1. The number of rotatable bonds is 8. The molecule has 6 nitrogen and oxygen atoms in total. The fourth-order valence-electron chi connectivity index (χ4n) is 1.93.